The number of aromatic nitrogens is 6. The van der Waals surface area contributed by atoms with Crippen LogP contribution in [-0.4, -0.2) is 29.7 Å². The number of nitrogens with two attached hydrogens (primary N) is 1. The minimum atomic E-state index is -0.501. The molecule has 172 valence electrons. The van der Waals surface area contributed by atoms with Gasteiger partial charge in [0.1, 0.15) is 29.4 Å². The van der Waals surface area contributed by atoms with E-state index in [9.17, 15) is 4.79 Å². The Morgan fingerprint density at radius 2 is 1.91 bits per heavy atom. The lowest BCUT2D eigenvalue weighted by atomic mass is 10.1. The maximum atomic E-state index is 13.8. The minimum Gasteiger partial charge on any atom is -0.383 e. The zero-order valence-electron chi connectivity index (χ0n) is 18.9. The maximum absolute atomic E-state index is 13.8. The van der Waals surface area contributed by atoms with Crippen LogP contribution in [0.15, 0.2) is 64.2 Å². The molecule has 0 aliphatic carbocycles. The van der Waals surface area contributed by atoms with Gasteiger partial charge in [0.2, 0.25) is 0 Å². The lowest BCUT2D eigenvalue weighted by Gasteiger charge is -2.21. The SMILES string of the molecule is C#Cc1cccc2nc([C@H](C)Nc3ncnc(N)c3-c3nc(C)no3)n(-c3ccccc3)c(=O)c12. The van der Waals surface area contributed by atoms with Crippen LogP contribution in [0.3, 0.4) is 0 Å². The second kappa shape index (κ2) is 8.72. The molecule has 2 aromatic carbocycles. The van der Waals surface area contributed by atoms with E-state index in [1.165, 1.54) is 6.33 Å². The van der Waals surface area contributed by atoms with Crippen LogP contribution in [0, 0.1) is 19.3 Å². The van der Waals surface area contributed by atoms with Crippen LogP contribution in [0.1, 0.15) is 30.2 Å². The monoisotopic (exact) mass is 464 g/mol. The molecule has 0 unspecified atom stereocenters. The third-order valence-electron chi connectivity index (χ3n) is 5.45. The number of anilines is 2. The van der Waals surface area contributed by atoms with Gasteiger partial charge < -0.3 is 15.6 Å². The summed E-state index contributed by atoms with van der Waals surface area (Å²) in [6.45, 7) is 3.56. The average molecular weight is 464 g/mol. The molecule has 0 spiro atoms. The number of fused-ring (bicyclic) bond motifs is 1. The smallest absolute Gasteiger partial charge is 0.267 e. The van der Waals surface area contributed by atoms with E-state index in [0.717, 1.165) is 0 Å². The number of hydrogen-bond acceptors (Lipinski definition) is 9. The average Bonchev–Trinajstić information content (AvgIpc) is 3.29. The van der Waals surface area contributed by atoms with Gasteiger partial charge in [-0.2, -0.15) is 4.98 Å². The van der Waals surface area contributed by atoms with E-state index in [4.69, 9.17) is 21.7 Å². The van der Waals surface area contributed by atoms with E-state index < -0.39 is 6.04 Å². The van der Waals surface area contributed by atoms with Gasteiger partial charge in [0.05, 0.1) is 22.6 Å². The van der Waals surface area contributed by atoms with Gasteiger partial charge in [-0.3, -0.25) is 9.36 Å². The quantitative estimate of drug-likeness (QED) is 0.375. The van der Waals surface area contributed by atoms with E-state index in [2.05, 4.69) is 31.3 Å². The van der Waals surface area contributed by atoms with Crippen LogP contribution >= 0.6 is 0 Å². The van der Waals surface area contributed by atoms with Gasteiger partial charge in [-0.1, -0.05) is 35.3 Å². The summed E-state index contributed by atoms with van der Waals surface area (Å²) in [5.74, 6) is 4.20. The summed E-state index contributed by atoms with van der Waals surface area (Å²) >= 11 is 0. The molecule has 5 aromatic rings. The Labute approximate surface area is 199 Å². The Morgan fingerprint density at radius 1 is 1.11 bits per heavy atom. The molecule has 0 amide bonds. The lowest BCUT2D eigenvalue weighted by molar-refractivity contribution is 0.425. The van der Waals surface area contributed by atoms with Gasteiger partial charge in [0, 0.05) is 5.56 Å². The first-order valence-electron chi connectivity index (χ1n) is 10.7. The molecule has 0 bridgehead atoms. The number of benzene rings is 2. The summed E-state index contributed by atoms with van der Waals surface area (Å²) < 4.78 is 6.85. The van der Waals surface area contributed by atoms with E-state index in [-0.39, 0.29) is 17.3 Å². The number of aryl methyl sites for hydroxylation is 1. The molecule has 3 heterocycles. The second-order valence-corrected chi connectivity index (χ2v) is 7.79. The first kappa shape index (κ1) is 21.8. The summed E-state index contributed by atoms with van der Waals surface area (Å²) in [6, 6.07) is 14.0. The summed E-state index contributed by atoms with van der Waals surface area (Å²) in [5.41, 5.74) is 7.84. The zero-order chi connectivity index (χ0) is 24.5. The molecule has 0 saturated heterocycles. The van der Waals surface area contributed by atoms with Crippen molar-refractivity contribution in [1.82, 2.24) is 29.7 Å². The van der Waals surface area contributed by atoms with Gasteiger partial charge in [-0.15, -0.1) is 6.42 Å². The fourth-order valence-electron chi connectivity index (χ4n) is 3.87. The van der Waals surface area contributed by atoms with Gasteiger partial charge in [0.25, 0.3) is 11.4 Å². The highest BCUT2D eigenvalue weighted by molar-refractivity contribution is 5.84. The molecule has 3 aromatic heterocycles. The van der Waals surface area contributed by atoms with Crippen molar-refractivity contribution in [3.63, 3.8) is 0 Å². The standard InChI is InChI=1S/C25H20N8O2/c1-4-16-9-8-12-18-19(16)25(34)33(17-10-6-5-7-11-17)23(31-18)14(2)29-22-20(21(26)27-13-28-22)24-30-15(3)32-35-24/h1,5-14H,2-3H3,(H3,26,27,28,29)/t14-/m0/s1. The molecule has 0 fully saturated rings. The van der Waals surface area contributed by atoms with Gasteiger partial charge >= 0.3 is 0 Å². The van der Waals surface area contributed by atoms with Crippen molar-refractivity contribution in [1.29, 1.82) is 0 Å². The van der Waals surface area contributed by atoms with Gasteiger partial charge in [-0.25, -0.2) is 15.0 Å². The number of terminal acetylenes is 1. The molecular weight excluding hydrogens is 444 g/mol. The highest BCUT2D eigenvalue weighted by atomic mass is 16.5. The molecule has 3 N–H and O–H groups in total. The Hall–Kier alpha value is -5.04. The van der Waals surface area contributed by atoms with Gasteiger partial charge in [0.15, 0.2) is 5.82 Å². The Balaban J connectivity index is 1.69. The molecule has 5 rings (SSSR count). The van der Waals surface area contributed by atoms with Crippen molar-refractivity contribution < 1.29 is 4.52 Å². The molecule has 0 radical (unpaired) electrons. The van der Waals surface area contributed by atoms with Crippen LogP contribution in [0.25, 0.3) is 28.0 Å². The first-order valence-corrected chi connectivity index (χ1v) is 10.7. The fourth-order valence-corrected chi connectivity index (χ4v) is 3.87. The predicted octanol–water partition coefficient (Wildman–Crippen LogP) is 3.27. The van der Waals surface area contributed by atoms with E-state index in [0.29, 0.717) is 45.2 Å². The van der Waals surface area contributed by atoms with Crippen molar-refractivity contribution in [3.8, 4) is 29.5 Å². The fraction of sp³-hybridized carbons (Fsp3) is 0.120. The van der Waals surface area contributed by atoms with E-state index in [1.807, 2.05) is 37.3 Å². The maximum Gasteiger partial charge on any atom is 0.267 e. The first-order chi connectivity index (χ1) is 17.0. The summed E-state index contributed by atoms with van der Waals surface area (Å²) in [7, 11) is 0. The number of rotatable bonds is 5. The van der Waals surface area contributed by atoms with E-state index in [1.54, 1.807) is 29.7 Å². The highest BCUT2D eigenvalue weighted by Crippen LogP contribution is 2.31. The highest BCUT2D eigenvalue weighted by Gasteiger charge is 2.23. The van der Waals surface area contributed by atoms with Crippen molar-refractivity contribution >= 4 is 22.5 Å². The molecule has 0 saturated carbocycles. The largest absolute Gasteiger partial charge is 0.383 e. The Kier molecular flexibility index (Phi) is 5.43. The minimum absolute atomic E-state index is 0.170. The molecule has 10 heteroatoms. The van der Waals surface area contributed by atoms with Gasteiger partial charge in [-0.05, 0) is 38.1 Å². The zero-order valence-corrected chi connectivity index (χ0v) is 18.9. The summed E-state index contributed by atoms with van der Waals surface area (Å²) in [6.07, 6.45) is 7.00. The molecule has 10 nitrogen and oxygen atoms in total. The van der Waals surface area contributed by atoms with Crippen LogP contribution in [0.2, 0.25) is 0 Å². The molecule has 0 aliphatic rings. The number of hydrogen-bond donors (Lipinski definition) is 2. The Bertz CT molecular complexity index is 1650. The number of nitrogens with one attached hydrogen (secondary N) is 1. The van der Waals surface area contributed by atoms with Crippen LogP contribution < -0.4 is 16.6 Å². The lowest BCUT2D eigenvalue weighted by Crippen LogP contribution is -2.28. The third kappa shape index (κ3) is 3.85. The molecular formula is C25H20N8O2. The third-order valence-corrected chi connectivity index (χ3v) is 5.45. The Morgan fingerprint density at radius 3 is 2.63 bits per heavy atom. The molecule has 0 aliphatic heterocycles. The van der Waals surface area contributed by atoms with Crippen LogP contribution in [0.5, 0.6) is 0 Å². The van der Waals surface area contributed by atoms with Crippen molar-refractivity contribution in [2.24, 2.45) is 0 Å². The normalized spacial score (nSPS) is 11.8. The topological polar surface area (TPSA) is 138 Å². The van der Waals surface area contributed by atoms with E-state index >= 15 is 0 Å². The summed E-state index contributed by atoms with van der Waals surface area (Å²) in [5, 5.41) is 7.49. The number of nitrogen functional groups attached to an aromatic ring is 1. The van der Waals surface area contributed by atoms with Crippen molar-refractivity contribution in [3.05, 3.63) is 82.4 Å². The van der Waals surface area contributed by atoms with Crippen molar-refractivity contribution in [2.45, 2.75) is 19.9 Å². The predicted molar refractivity (Wildman–Crippen MR) is 132 cm³/mol. The van der Waals surface area contributed by atoms with Crippen LogP contribution in [-0.2, 0) is 0 Å². The van der Waals surface area contributed by atoms with Crippen LogP contribution in [0.4, 0.5) is 11.6 Å². The molecule has 1 atom stereocenters. The number of para-hydroxylation sites is 1. The second-order valence-electron chi connectivity index (χ2n) is 7.79. The molecule has 35 heavy (non-hydrogen) atoms. The summed E-state index contributed by atoms with van der Waals surface area (Å²) in [4.78, 5) is 31.2. The van der Waals surface area contributed by atoms with Crippen molar-refractivity contribution in [2.75, 3.05) is 11.1 Å². The number of nitrogens with zero attached hydrogens (tertiary/aromatic N) is 6.